The van der Waals surface area contributed by atoms with Crippen molar-refractivity contribution >= 4 is 12.2 Å². The fourth-order valence-electron chi connectivity index (χ4n) is 3.63. The Bertz CT molecular complexity index is 807. The van der Waals surface area contributed by atoms with Crippen LogP contribution < -0.4 is 0 Å². The molecule has 0 N–H and O–H groups in total. The zero-order valence-electron chi connectivity index (χ0n) is 16.1. The van der Waals surface area contributed by atoms with Crippen molar-refractivity contribution in [2.24, 2.45) is 11.1 Å². The van der Waals surface area contributed by atoms with Crippen LogP contribution in [0.1, 0.15) is 53.6 Å². The first-order chi connectivity index (χ1) is 13.2. The monoisotopic (exact) mass is 365 g/mol. The molecule has 0 spiro atoms. The molecule has 1 saturated carbocycles. The number of carbonyl (C=O) groups is 1. The molecule has 0 saturated heterocycles. The molecule has 2 aromatic rings. The van der Waals surface area contributed by atoms with Crippen LogP contribution in [-0.2, 0) is 9.57 Å². The Kier molecular flexibility index (Phi) is 6.64. The molecule has 0 unspecified atom stereocenters. The van der Waals surface area contributed by atoms with Gasteiger partial charge in [0.1, 0.15) is 6.61 Å². The Morgan fingerprint density at radius 1 is 1.11 bits per heavy atom. The zero-order chi connectivity index (χ0) is 19.1. The number of hydrogen-bond donors (Lipinski definition) is 0. The normalized spacial score (nSPS) is 15.0. The van der Waals surface area contributed by atoms with Crippen LogP contribution in [0, 0.1) is 12.8 Å². The van der Waals surface area contributed by atoms with Crippen molar-refractivity contribution in [3.05, 3.63) is 59.2 Å². The first-order valence-corrected chi connectivity index (χ1v) is 9.62. The summed E-state index contributed by atoms with van der Waals surface area (Å²) in [6, 6.07) is 13.6. The number of methoxy groups -OCH3 is 1. The van der Waals surface area contributed by atoms with E-state index in [2.05, 4.69) is 5.16 Å². The SMILES string of the molecule is COC(=O)c1ccc(/C=N/OCC2CCCCC2)cc1-c1ccccc1C. The van der Waals surface area contributed by atoms with E-state index in [1.165, 1.54) is 39.2 Å². The molecule has 0 heterocycles. The summed E-state index contributed by atoms with van der Waals surface area (Å²) in [6.07, 6.45) is 8.13. The third kappa shape index (κ3) is 4.97. The molecule has 0 aliphatic heterocycles. The molecule has 1 aliphatic rings. The Morgan fingerprint density at radius 3 is 2.63 bits per heavy atom. The molecule has 4 nitrogen and oxygen atoms in total. The minimum Gasteiger partial charge on any atom is -0.465 e. The van der Waals surface area contributed by atoms with Crippen LogP contribution in [0.2, 0.25) is 0 Å². The van der Waals surface area contributed by atoms with Crippen molar-refractivity contribution in [3.8, 4) is 11.1 Å². The van der Waals surface area contributed by atoms with Gasteiger partial charge in [-0.2, -0.15) is 0 Å². The average Bonchev–Trinajstić information content (AvgIpc) is 2.72. The molecule has 142 valence electrons. The second-order valence-corrected chi connectivity index (χ2v) is 7.15. The van der Waals surface area contributed by atoms with E-state index in [0.29, 0.717) is 18.1 Å². The van der Waals surface area contributed by atoms with Gasteiger partial charge in [0.25, 0.3) is 0 Å². The number of benzene rings is 2. The molecule has 4 heteroatoms. The van der Waals surface area contributed by atoms with E-state index < -0.39 is 0 Å². The summed E-state index contributed by atoms with van der Waals surface area (Å²) >= 11 is 0. The number of ether oxygens (including phenoxy) is 1. The standard InChI is InChI=1S/C23H27NO3/c1-17-8-6-7-11-20(17)22-14-19(12-13-21(22)23(25)26-2)15-24-27-16-18-9-4-3-5-10-18/h6-8,11-15,18H,3-5,9-10,16H2,1-2H3/b24-15+. The molecular formula is C23H27NO3. The molecule has 27 heavy (non-hydrogen) atoms. The second-order valence-electron chi connectivity index (χ2n) is 7.15. The van der Waals surface area contributed by atoms with Gasteiger partial charge in [-0.25, -0.2) is 4.79 Å². The maximum absolute atomic E-state index is 12.2. The summed E-state index contributed by atoms with van der Waals surface area (Å²) in [5.74, 6) is 0.283. The number of nitrogens with zero attached hydrogens (tertiary/aromatic N) is 1. The van der Waals surface area contributed by atoms with Gasteiger partial charge >= 0.3 is 5.97 Å². The highest BCUT2D eigenvalue weighted by molar-refractivity contribution is 5.99. The highest BCUT2D eigenvalue weighted by Crippen LogP contribution is 2.28. The third-order valence-corrected chi connectivity index (χ3v) is 5.20. The van der Waals surface area contributed by atoms with E-state index >= 15 is 0 Å². The largest absolute Gasteiger partial charge is 0.465 e. The van der Waals surface area contributed by atoms with Crippen LogP contribution in [0.3, 0.4) is 0 Å². The van der Waals surface area contributed by atoms with Gasteiger partial charge in [-0.1, -0.05) is 54.8 Å². The lowest BCUT2D eigenvalue weighted by Crippen LogP contribution is -2.11. The topological polar surface area (TPSA) is 47.9 Å². The molecule has 0 bridgehead atoms. The van der Waals surface area contributed by atoms with Crippen LogP contribution in [0.25, 0.3) is 11.1 Å². The molecule has 2 aromatic carbocycles. The molecule has 0 amide bonds. The number of oxime groups is 1. The van der Waals surface area contributed by atoms with Crippen molar-refractivity contribution in [2.45, 2.75) is 39.0 Å². The number of rotatable bonds is 6. The predicted octanol–water partition coefficient (Wildman–Crippen LogP) is 5.38. The molecule has 1 fully saturated rings. The van der Waals surface area contributed by atoms with Crippen LogP contribution in [0.4, 0.5) is 0 Å². The highest BCUT2D eigenvalue weighted by atomic mass is 16.6. The first-order valence-electron chi connectivity index (χ1n) is 9.62. The number of esters is 1. The van der Waals surface area contributed by atoms with Gasteiger partial charge in [0.2, 0.25) is 0 Å². The van der Waals surface area contributed by atoms with Gasteiger partial charge in [-0.3, -0.25) is 0 Å². The molecular weight excluding hydrogens is 338 g/mol. The molecule has 0 atom stereocenters. The van der Waals surface area contributed by atoms with E-state index in [9.17, 15) is 4.79 Å². The summed E-state index contributed by atoms with van der Waals surface area (Å²) in [6.45, 7) is 2.71. The van der Waals surface area contributed by atoms with Crippen LogP contribution in [-0.4, -0.2) is 25.9 Å². The average molecular weight is 365 g/mol. The maximum Gasteiger partial charge on any atom is 0.338 e. The van der Waals surface area contributed by atoms with Crippen molar-refractivity contribution in [2.75, 3.05) is 13.7 Å². The van der Waals surface area contributed by atoms with Gasteiger partial charge < -0.3 is 9.57 Å². The summed E-state index contributed by atoms with van der Waals surface area (Å²) in [5, 5.41) is 4.15. The summed E-state index contributed by atoms with van der Waals surface area (Å²) in [7, 11) is 1.40. The zero-order valence-corrected chi connectivity index (χ0v) is 16.1. The van der Waals surface area contributed by atoms with E-state index in [1.54, 1.807) is 12.3 Å². The predicted molar refractivity (Wildman–Crippen MR) is 108 cm³/mol. The lowest BCUT2D eigenvalue weighted by molar-refractivity contribution is 0.0601. The van der Waals surface area contributed by atoms with Gasteiger partial charge in [-0.05, 0) is 60.1 Å². The van der Waals surface area contributed by atoms with Crippen molar-refractivity contribution in [1.29, 1.82) is 0 Å². The lowest BCUT2D eigenvalue weighted by atomic mass is 9.90. The van der Waals surface area contributed by atoms with E-state index in [1.807, 2.05) is 43.3 Å². The number of hydrogen-bond acceptors (Lipinski definition) is 4. The van der Waals surface area contributed by atoms with Crippen LogP contribution >= 0.6 is 0 Å². The molecule has 0 radical (unpaired) electrons. The Hall–Kier alpha value is -2.62. The van der Waals surface area contributed by atoms with Gasteiger partial charge in [-0.15, -0.1) is 0 Å². The third-order valence-electron chi connectivity index (χ3n) is 5.20. The second kappa shape index (κ2) is 9.36. The van der Waals surface area contributed by atoms with Gasteiger partial charge in [0, 0.05) is 0 Å². The Balaban J connectivity index is 1.78. The van der Waals surface area contributed by atoms with Crippen molar-refractivity contribution in [1.82, 2.24) is 0 Å². The van der Waals surface area contributed by atoms with E-state index in [4.69, 9.17) is 9.57 Å². The summed E-state index contributed by atoms with van der Waals surface area (Å²) in [5.41, 5.74) is 4.40. The highest BCUT2D eigenvalue weighted by Gasteiger charge is 2.15. The fourth-order valence-corrected chi connectivity index (χ4v) is 3.63. The van der Waals surface area contributed by atoms with E-state index in [0.717, 1.165) is 22.3 Å². The van der Waals surface area contributed by atoms with Crippen LogP contribution in [0.15, 0.2) is 47.6 Å². The number of carbonyl (C=O) groups excluding carboxylic acids is 1. The summed E-state index contributed by atoms with van der Waals surface area (Å²) < 4.78 is 4.95. The van der Waals surface area contributed by atoms with E-state index in [-0.39, 0.29) is 5.97 Å². The minimum absolute atomic E-state index is 0.342. The molecule has 0 aromatic heterocycles. The minimum atomic E-state index is -0.342. The fraction of sp³-hybridized carbons (Fsp3) is 0.391. The maximum atomic E-state index is 12.2. The van der Waals surface area contributed by atoms with Crippen molar-refractivity contribution < 1.29 is 14.4 Å². The molecule has 3 rings (SSSR count). The lowest BCUT2D eigenvalue weighted by Gasteiger charge is -2.19. The smallest absolute Gasteiger partial charge is 0.338 e. The number of aryl methyl sites for hydroxylation is 1. The van der Waals surface area contributed by atoms with Gasteiger partial charge in [0.05, 0.1) is 18.9 Å². The Morgan fingerprint density at radius 2 is 1.89 bits per heavy atom. The quantitative estimate of drug-likeness (QED) is 0.392. The van der Waals surface area contributed by atoms with Crippen LogP contribution in [0.5, 0.6) is 0 Å². The molecule has 1 aliphatic carbocycles. The van der Waals surface area contributed by atoms with Gasteiger partial charge in [0.15, 0.2) is 0 Å². The first kappa shape index (κ1) is 19.2. The van der Waals surface area contributed by atoms with Crippen molar-refractivity contribution in [3.63, 3.8) is 0 Å². The summed E-state index contributed by atoms with van der Waals surface area (Å²) in [4.78, 5) is 17.7. The Labute approximate surface area is 161 Å².